The van der Waals surface area contributed by atoms with Crippen molar-refractivity contribution in [1.29, 1.82) is 0 Å². The fourth-order valence-corrected chi connectivity index (χ4v) is 3.19. The summed E-state index contributed by atoms with van der Waals surface area (Å²) in [6.07, 6.45) is 2.28. The summed E-state index contributed by atoms with van der Waals surface area (Å²) < 4.78 is 14.6. The molecule has 0 aliphatic rings. The van der Waals surface area contributed by atoms with Crippen LogP contribution in [0.15, 0.2) is 51.9 Å². The number of hydrogen-bond acceptors (Lipinski definition) is 2. The number of fused-ring (bicyclic) bond motifs is 1. The first-order valence-electron chi connectivity index (χ1n) is 8.98. The van der Waals surface area contributed by atoms with Gasteiger partial charge in [0.1, 0.15) is 11.6 Å². The molecule has 0 spiro atoms. The van der Waals surface area contributed by atoms with Crippen LogP contribution in [0.2, 0.25) is 0 Å². The molecule has 0 atom stereocenters. The van der Waals surface area contributed by atoms with Gasteiger partial charge >= 0.3 is 0 Å². The van der Waals surface area contributed by atoms with E-state index in [0.717, 1.165) is 58.8 Å². The maximum absolute atomic E-state index is 13.8. The number of halogens is 3. The molecular formula is C20H24BrFIN5. The maximum Gasteiger partial charge on any atom is 0.190 e. The van der Waals surface area contributed by atoms with Gasteiger partial charge < -0.3 is 15.6 Å². The number of aliphatic imine (C=N–C) groups is 1. The van der Waals surface area contributed by atoms with Gasteiger partial charge in [-0.25, -0.2) is 9.37 Å². The normalized spacial score (nSPS) is 11.3. The predicted molar refractivity (Wildman–Crippen MR) is 127 cm³/mol. The van der Waals surface area contributed by atoms with E-state index < -0.39 is 0 Å². The molecular weight excluding hydrogens is 536 g/mol. The zero-order valence-electron chi connectivity index (χ0n) is 15.6. The zero-order chi connectivity index (χ0) is 19.1. The number of benzene rings is 2. The molecule has 0 radical (unpaired) electrons. The molecule has 2 aromatic carbocycles. The van der Waals surface area contributed by atoms with E-state index in [1.54, 1.807) is 7.05 Å². The molecule has 0 fully saturated rings. The van der Waals surface area contributed by atoms with Crippen molar-refractivity contribution in [2.24, 2.45) is 4.99 Å². The van der Waals surface area contributed by atoms with Crippen LogP contribution < -0.4 is 10.6 Å². The van der Waals surface area contributed by atoms with Gasteiger partial charge in [0.2, 0.25) is 0 Å². The van der Waals surface area contributed by atoms with Crippen LogP contribution in [0.4, 0.5) is 4.39 Å². The lowest BCUT2D eigenvalue weighted by Crippen LogP contribution is -2.38. The molecule has 0 amide bonds. The van der Waals surface area contributed by atoms with Gasteiger partial charge in [-0.1, -0.05) is 34.1 Å². The van der Waals surface area contributed by atoms with Gasteiger partial charge in [0.25, 0.3) is 0 Å². The molecule has 1 aromatic heterocycles. The van der Waals surface area contributed by atoms with E-state index >= 15 is 0 Å². The average Bonchev–Trinajstić information content (AvgIpc) is 3.08. The highest BCUT2D eigenvalue weighted by Crippen LogP contribution is 2.16. The number of H-pyrrole nitrogens is 1. The van der Waals surface area contributed by atoms with Gasteiger partial charge in [-0.2, -0.15) is 0 Å². The lowest BCUT2D eigenvalue weighted by molar-refractivity contribution is 0.602. The molecule has 0 aliphatic heterocycles. The van der Waals surface area contributed by atoms with E-state index in [1.165, 1.54) is 6.07 Å². The van der Waals surface area contributed by atoms with Crippen LogP contribution in [0.3, 0.4) is 0 Å². The molecule has 0 saturated heterocycles. The Bertz CT molecular complexity index is 895. The van der Waals surface area contributed by atoms with E-state index in [9.17, 15) is 4.39 Å². The van der Waals surface area contributed by atoms with Crippen LogP contribution in [-0.4, -0.2) is 36.1 Å². The largest absolute Gasteiger partial charge is 0.356 e. The summed E-state index contributed by atoms with van der Waals surface area (Å²) in [6, 6.07) is 13.2. The second-order valence-electron chi connectivity index (χ2n) is 6.22. The number of nitrogens with zero attached hydrogens (tertiary/aromatic N) is 2. The lowest BCUT2D eigenvalue weighted by atomic mass is 10.1. The molecule has 0 saturated carbocycles. The SMILES string of the molecule is CN=C(NCCCc1ccc(Br)cc1F)NCCc1nc2ccccc2[nH]1.I. The van der Waals surface area contributed by atoms with Crippen molar-refractivity contribution < 1.29 is 4.39 Å². The summed E-state index contributed by atoms with van der Waals surface area (Å²) in [7, 11) is 1.74. The maximum atomic E-state index is 13.8. The summed E-state index contributed by atoms with van der Waals surface area (Å²) in [5.74, 6) is 1.52. The summed E-state index contributed by atoms with van der Waals surface area (Å²) in [4.78, 5) is 12.1. The number of guanidine groups is 1. The van der Waals surface area contributed by atoms with Crippen LogP contribution in [-0.2, 0) is 12.8 Å². The van der Waals surface area contributed by atoms with E-state index in [2.05, 4.69) is 41.5 Å². The minimum absolute atomic E-state index is 0. The van der Waals surface area contributed by atoms with Crippen molar-refractivity contribution in [2.75, 3.05) is 20.1 Å². The smallest absolute Gasteiger partial charge is 0.190 e. The van der Waals surface area contributed by atoms with Crippen molar-refractivity contribution in [1.82, 2.24) is 20.6 Å². The Balaban J connectivity index is 0.00000280. The Morgan fingerprint density at radius 1 is 1.14 bits per heavy atom. The molecule has 0 unspecified atom stereocenters. The predicted octanol–water partition coefficient (Wildman–Crippen LogP) is 4.42. The highest BCUT2D eigenvalue weighted by Gasteiger charge is 2.04. The van der Waals surface area contributed by atoms with Crippen LogP contribution >= 0.6 is 39.9 Å². The van der Waals surface area contributed by atoms with E-state index in [1.807, 2.05) is 36.4 Å². The van der Waals surface area contributed by atoms with Crippen LogP contribution in [0.1, 0.15) is 17.8 Å². The molecule has 3 N–H and O–H groups in total. The zero-order valence-corrected chi connectivity index (χ0v) is 19.6. The summed E-state index contributed by atoms with van der Waals surface area (Å²) in [5, 5.41) is 6.54. The Labute approximate surface area is 189 Å². The number of aromatic nitrogens is 2. The summed E-state index contributed by atoms with van der Waals surface area (Å²) >= 11 is 3.27. The molecule has 1 heterocycles. The molecule has 5 nitrogen and oxygen atoms in total. The lowest BCUT2D eigenvalue weighted by Gasteiger charge is -2.11. The van der Waals surface area contributed by atoms with Crippen LogP contribution in [0.25, 0.3) is 11.0 Å². The third-order valence-corrected chi connectivity index (χ3v) is 4.74. The van der Waals surface area contributed by atoms with Gasteiger partial charge in [-0.15, -0.1) is 24.0 Å². The second-order valence-corrected chi connectivity index (χ2v) is 7.13. The quantitative estimate of drug-likeness (QED) is 0.174. The molecule has 3 rings (SSSR count). The molecule has 8 heteroatoms. The molecule has 0 bridgehead atoms. The monoisotopic (exact) mass is 559 g/mol. The number of aryl methyl sites for hydroxylation is 1. The van der Waals surface area contributed by atoms with Crippen LogP contribution in [0.5, 0.6) is 0 Å². The fourth-order valence-electron chi connectivity index (χ4n) is 2.85. The first kappa shape index (κ1) is 22.6. The average molecular weight is 560 g/mol. The Hall–Kier alpha value is -1.68. The van der Waals surface area contributed by atoms with Crippen molar-refractivity contribution in [3.63, 3.8) is 0 Å². The highest BCUT2D eigenvalue weighted by molar-refractivity contribution is 14.0. The van der Waals surface area contributed by atoms with Gasteiger partial charge in [0.15, 0.2) is 5.96 Å². The topological polar surface area (TPSA) is 65.1 Å². The highest BCUT2D eigenvalue weighted by atomic mass is 127. The first-order chi connectivity index (χ1) is 13.2. The summed E-state index contributed by atoms with van der Waals surface area (Å²) in [5.41, 5.74) is 2.76. The number of aromatic amines is 1. The minimum Gasteiger partial charge on any atom is -0.356 e. The third-order valence-electron chi connectivity index (χ3n) is 4.25. The van der Waals surface area contributed by atoms with Crippen molar-refractivity contribution in [2.45, 2.75) is 19.3 Å². The summed E-state index contributed by atoms with van der Waals surface area (Å²) in [6.45, 7) is 1.45. The van der Waals surface area contributed by atoms with Gasteiger partial charge in [0.05, 0.1) is 11.0 Å². The fraction of sp³-hybridized carbons (Fsp3) is 0.300. The second kappa shape index (κ2) is 11.4. The number of para-hydroxylation sites is 2. The Kier molecular flexibility index (Phi) is 9.17. The number of imidazole rings is 1. The minimum atomic E-state index is -0.169. The number of nitrogens with one attached hydrogen (secondary N) is 3. The number of rotatable bonds is 7. The molecule has 150 valence electrons. The van der Waals surface area contributed by atoms with E-state index in [-0.39, 0.29) is 29.8 Å². The van der Waals surface area contributed by atoms with Gasteiger partial charge in [-0.3, -0.25) is 4.99 Å². The third kappa shape index (κ3) is 6.44. The van der Waals surface area contributed by atoms with Crippen molar-refractivity contribution >= 4 is 56.9 Å². The van der Waals surface area contributed by atoms with Crippen LogP contribution in [0, 0.1) is 5.82 Å². The van der Waals surface area contributed by atoms with Gasteiger partial charge in [-0.05, 0) is 42.7 Å². The molecule has 3 aromatic rings. The van der Waals surface area contributed by atoms with Crippen molar-refractivity contribution in [3.8, 4) is 0 Å². The van der Waals surface area contributed by atoms with Crippen molar-refractivity contribution in [3.05, 3.63) is 64.1 Å². The first-order valence-corrected chi connectivity index (χ1v) is 9.77. The number of hydrogen-bond donors (Lipinski definition) is 3. The standard InChI is InChI=1S/C20H23BrFN5.HI/c1-23-20(24-11-4-5-14-8-9-15(21)13-16(14)22)25-12-10-19-26-17-6-2-3-7-18(17)27-19;/h2-3,6-9,13H,4-5,10-12H2,1H3,(H,26,27)(H2,23,24,25);1H. The van der Waals surface area contributed by atoms with E-state index in [0.29, 0.717) is 6.42 Å². The molecule has 0 aliphatic carbocycles. The van der Waals surface area contributed by atoms with Gasteiger partial charge in [0, 0.05) is 31.0 Å². The Morgan fingerprint density at radius 3 is 2.68 bits per heavy atom. The van der Waals surface area contributed by atoms with E-state index in [4.69, 9.17) is 0 Å². The molecule has 28 heavy (non-hydrogen) atoms. The Morgan fingerprint density at radius 2 is 1.93 bits per heavy atom.